The van der Waals surface area contributed by atoms with Crippen LogP contribution in [0.25, 0.3) is 0 Å². The summed E-state index contributed by atoms with van der Waals surface area (Å²) >= 11 is 0. The van der Waals surface area contributed by atoms with Crippen molar-refractivity contribution in [2.24, 2.45) is 5.92 Å². The van der Waals surface area contributed by atoms with Crippen LogP contribution in [0.2, 0.25) is 0 Å². The quantitative estimate of drug-likeness (QED) is 0.411. The number of carbonyl (C=O) groups excluding carboxylic acids is 2. The van der Waals surface area contributed by atoms with E-state index in [9.17, 15) is 19.7 Å². The number of amides is 1. The second kappa shape index (κ2) is 9.45. The van der Waals surface area contributed by atoms with Crippen molar-refractivity contribution in [3.63, 3.8) is 0 Å². The number of benzene rings is 1. The summed E-state index contributed by atoms with van der Waals surface area (Å²) in [6, 6.07) is 4.65. The van der Waals surface area contributed by atoms with Crippen molar-refractivity contribution in [1.82, 2.24) is 4.90 Å². The van der Waals surface area contributed by atoms with Crippen molar-refractivity contribution < 1.29 is 19.2 Å². The lowest BCUT2D eigenvalue weighted by atomic mass is 9.97. The predicted molar refractivity (Wildman–Crippen MR) is 114 cm³/mol. The van der Waals surface area contributed by atoms with E-state index in [4.69, 9.17) is 4.74 Å². The molecular weight excluding hydrogens is 386 g/mol. The van der Waals surface area contributed by atoms with E-state index in [0.717, 1.165) is 45.2 Å². The van der Waals surface area contributed by atoms with E-state index in [0.29, 0.717) is 11.6 Å². The largest absolute Gasteiger partial charge is 0.452 e. The predicted octanol–water partition coefficient (Wildman–Crippen LogP) is 3.78. The molecule has 0 saturated carbocycles. The lowest BCUT2D eigenvalue weighted by molar-refractivity contribution is -0.384. The van der Waals surface area contributed by atoms with Crippen LogP contribution >= 0.6 is 0 Å². The smallest absolute Gasteiger partial charge is 0.338 e. The van der Waals surface area contributed by atoms with Crippen LogP contribution in [0.3, 0.4) is 0 Å². The van der Waals surface area contributed by atoms with Gasteiger partial charge in [-0.05, 0) is 64.0 Å². The highest BCUT2D eigenvalue weighted by molar-refractivity contribution is 5.93. The van der Waals surface area contributed by atoms with Crippen LogP contribution in [0.4, 0.5) is 11.4 Å². The Kier molecular flexibility index (Phi) is 6.95. The molecule has 1 aromatic rings. The summed E-state index contributed by atoms with van der Waals surface area (Å²) in [7, 11) is 0. The zero-order chi connectivity index (χ0) is 21.8. The second-order valence-electron chi connectivity index (χ2n) is 8.64. The Morgan fingerprint density at radius 2 is 1.73 bits per heavy atom. The number of esters is 1. The van der Waals surface area contributed by atoms with E-state index < -0.39 is 10.9 Å². The van der Waals surface area contributed by atoms with E-state index in [1.54, 1.807) is 17.0 Å². The average Bonchev–Trinajstić information content (AvgIpc) is 2.72. The van der Waals surface area contributed by atoms with Crippen LogP contribution in [0.5, 0.6) is 0 Å². The third kappa shape index (κ3) is 4.91. The summed E-state index contributed by atoms with van der Waals surface area (Å²) in [5.74, 6) is -0.336. The standard InChI is InChI=1S/C22H31N3O5/c1-15-9-11-23(12-10-15)19-8-7-18(13-20(19)25(28)29)22(27)30-14-21(26)24-16(2)5-4-6-17(24)3/h7-8,13,15-17H,4-6,9-12,14H2,1-3H3. The number of rotatable bonds is 5. The Morgan fingerprint density at radius 1 is 1.10 bits per heavy atom. The number of nitrogens with zero attached hydrogens (tertiary/aromatic N) is 3. The first kappa shape index (κ1) is 22.1. The Labute approximate surface area is 177 Å². The highest BCUT2D eigenvalue weighted by Crippen LogP contribution is 2.32. The van der Waals surface area contributed by atoms with E-state index in [1.807, 2.05) is 18.7 Å². The molecule has 1 aromatic carbocycles. The van der Waals surface area contributed by atoms with Crippen LogP contribution in [-0.4, -0.2) is 53.5 Å². The van der Waals surface area contributed by atoms with Gasteiger partial charge in [0, 0.05) is 31.2 Å². The molecule has 164 valence electrons. The van der Waals surface area contributed by atoms with Gasteiger partial charge in [-0.15, -0.1) is 0 Å². The van der Waals surface area contributed by atoms with E-state index in [-0.39, 0.29) is 35.8 Å². The monoisotopic (exact) mass is 417 g/mol. The molecule has 0 aliphatic carbocycles. The Bertz CT molecular complexity index is 794. The maximum Gasteiger partial charge on any atom is 0.338 e. The molecule has 0 bridgehead atoms. The number of nitro benzene ring substituents is 1. The number of likely N-dealkylation sites (tertiary alicyclic amines) is 1. The minimum atomic E-state index is -0.720. The number of nitro groups is 1. The Hall–Kier alpha value is -2.64. The van der Waals surface area contributed by atoms with Crippen LogP contribution < -0.4 is 4.90 Å². The molecule has 30 heavy (non-hydrogen) atoms. The van der Waals surface area contributed by atoms with Crippen LogP contribution in [0.1, 0.15) is 63.2 Å². The van der Waals surface area contributed by atoms with Crippen molar-refractivity contribution in [1.29, 1.82) is 0 Å². The molecule has 2 fully saturated rings. The van der Waals surface area contributed by atoms with Crippen molar-refractivity contribution in [2.45, 2.75) is 65.0 Å². The molecule has 8 nitrogen and oxygen atoms in total. The van der Waals surface area contributed by atoms with Gasteiger partial charge in [0.2, 0.25) is 0 Å². The maximum atomic E-state index is 12.6. The second-order valence-corrected chi connectivity index (χ2v) is 8.64. The molecule has 2 heterocycles. The van der Waals surface area contributed by atoms with Gasteiger partial charge in [0.25, 0.3) is 11.6 Å². The van der Waals surface area contributed by atoms with Gasteiger partial charge >= 0.3 is 5.97 Å². The number of hydrogen-bond acceptors (Lipinski definition) is 6. The van der Waals surface area contributed by atoms with Gasteiger partial charge in [0.05, 0.1) is 10.5 Å². The Morgan fingerprint density at radius 3 is 2.33 bits per heavy atom. The first-order chi connectivity index (χ1) is 14.3. The van der Waals surface area contributed by atoms with Gasteiger partial charge in [-0.3, -0.25) is 14.9 Å². The zero-order valence-corrected chi connectivity index (χ0v) is 18.0. The van der Waals surface area contributed by atoms with Crippen LogP contribution in [0, 0.1) is 16.0 Å². The van der Waals surface area contributed by atoms with E-state index >= 15 is 0 Å². The molecule has 8 heteroatoms. The van der Waals surface area contributed by atoms with Crippen molar-refractivity contribution >= 4 is 23.3 Å². The van der Waals surface area contributed by atoms with Gasteiger partial charge in [-0.2, -0.15) is 0 Å². The lowest BCUT2D eigenvalue weighted by Crippen LogP contribution is -2.49. The molecule has 2 aliphatic heterocycles. The van der Waals surface area contributed by atoms with Crippen molar-refractivity contribution in [3.05, 3.63) is 33.9 Å². The number of hydrogen-bond donors (Lipinski definition) is 0. The first-order valence-corrected chi connectivity index (χ1v) is 10.8. The average molecular weight is 418 g/mol. The maximum absolute atomic E-state index is 12.6. The summed E-state index contributed by atoms with van der Waals surface area (Å²) in [6.07, 6.45) is 4.92. The van der Waals surface area contributed by atoms with E-state index in [1.165, 1.54) is 6.07 Å². The summed E-state index contributed by atoms with van der Waals surface area (Å²) in [4.78, 5) is 39.9. The van der Waals surface area contributed by atoms with E-state index in [2.05, 4.69) is 6.92 Å². The zero-order valence-electron chi connectivity index (χ0n) is 18.0. The third-order valence-corrected chi connectivity index (χ3v) is 6.34. The van der Waals surface area contributed by atoms with Crippen molar-refractivity contribution in [2.75, 3.05) is 24.6 Å². The molecule has 1 amide bonds. The number of ether oxygens (including phenoxy) is 1. The molecule has 0 aromatic heterocycles. The molecule has 3 rings (SSSR count). The summed E-state index contributed by atoms with van der Waals surface area (Å²) in [6.45, 7) is 7.33. The van der Waals surface area contributed by atoms with Crippen molar-refractivity contribution in [3.8, 4) is 0 Å². The van der Waals surface area contributed by atoms with Gasteiger partial charge in [-0.25, -0.2) is 4.79 Å². The van der Waals surface area contributed by atoms with Gasteiger partial charge < -0.3 is 14.5 Å². The number of carbonyl (C=O) groups is 2. The normalized spacial score (nSPS) is 22.6. The fourth-order valence-electron chi connectivity index (χ4n) is 4.51. The van der Waals surface area contributed by atoms with Crippen LogP contribution in [0.15, 0.2) is 18.2 Å². The summed E-state index contributed by atoms with van der Waals surface area (Å²) in [5, 5.41) is 11.6. The number of anilines is 1. The fourth-order valence-corrected chi connectivity index (χ4v) is 4.51. The Balaban J connectivity index is 1.68. The van der Waals surface area contributed by atoms with Crippen LogP contribution in [-0.2, 0) is 9.53 Å². The topological polar surface area (TPSA) is 93.0 Å². The molecule has 2 atom stereocenters. The molecule has 2 aliphatic rings. The summed E-state index contributed by atoms with van der Waals surface area (Å²) < 4.78 is 5.21. The summed E-state index contributed by atoms with van der Waals surface area (Å²) in [5.41, 5.74) is 0.502. The molecular formula is C22H31N3O5. The molecule has 0 radical (unpaired) electrons. The highest BCUT2D eigenvalue weighted by atomic mass is 16.6. The van der Waals surface area contributed by atoms with Gasteiger partial charge in [0.1, 0.15) is 5.69 Å². The molecule has 0 spiro atoms. The third-order valence-electron chi connectivity index (χ3n) is 6.34. The first-order valence-electron chi connectivity index (χ1n) is 10.8. The number of piperidine rings is 2. The molecule has 2 saturated heterocycles. The van der Waals surface area contributed by atoms with Gasteiger partial charge in [0.15, 0.2) is 6.61 Å². The highest BCUT2D eigenvalue weighted by Gasteiger charge is 2.30. The molecule has 0 N–H and O–H groups in total. The minimum absolute atomic E-state index is 0.0865. The van der Waals surface area contributed by atoms with Gasteiger partial charge in [-0.1, -0.05) is 6.92 Å². The minimum Gasteiger partial charge on any atom is -0.452 e. The fraction of sp³-hybridized carbons (Fsp3) is 0.636. The SMILES string of the molecule is CC1CCN(c2ccc(C(=O)OCC(=O)N3C(C)CCCC3C)cc2[N+](=O)[O-])CC1. The molecule has 2 unspecified atom stereocenters. The lowest BCUT2D eigenvalue weighted by Gasteiger charge is -2.38.